The van der Waals surface area contributed by atoms with Gasteiger partial charge in [-0.3, -0.25) is 0 Å². The van der Waals surface area contributed by atoms with E-state index < -0.39 is 0 Å². The van der Waals surface area contributed by atoms with Crippen molar-refractivity contribution >= 4 is 11.6 Å². The van der Waals surface area contributed by atoms with Crippen LogP contribution >= 0.6 is 0 Å². The first-order valence-corrected chi connectivity index (χ1v) is 9.55. The summed E-state index contributed by atoms with van der Waals surface area (Å²) in [5.41, 5.74) is 1.07. The third-order valence-corrected chi connectivity index (χ3v) is 4.88. The molecule has 0 atom stereocenters. The molecular weight excluding hydrogens is 308 g/mol. The van der Waals surface area contributed by atoms with Gasteiger partial charge in [-0.25, -0.2) is 9.97 Å². The van der Waals surface area contributed by atoms with Crippen LogP contribution in [0.1, 0.15) is 40.0 Å². The van der Waals surface area contributed by atoms with Crippen LogP contribution < -0.4 is 10.2 Å². The minimum atomic E-state index is 0.686. The lowest BCUT2D eigenvalue weighted by Gasteiger charge is -2.31. The Kier molecular flexibility index (Phi) is 5.90. The summed E-state index contributed by atoms with van der Waals surface area (Å²) in [6, 6.07) is 12.4. The molecule has 134 valence electrons. The number of hydrogen-bond donors (Lipinski definition) is 1. The second-order valence-electron chi connectivity index (χ2n) is 7.58. The molecule has 0 radical (unpaired) electrons. The molecule has 0 bridgehead atoms. The van der Waals surface area contributed by atoms with Crippen LogP contribution in [0.15, 0.2) is 36.4 Å². The van der Waals surface area contributed by atoms with Gasteiger partial charge in [-0.1, -0.05) is 51.1 Å². The van der Waals surface area contributed by atoms with E-state index in [9.17, 15) is 0 Å². The summed E-state index contributed by atoms with van der Waals surface area (Å²) >= 11 is 0. The van der Waals surface area contributed by atoms with Gasteiger partial charge in [0, 0.05) is 31.3 Å². The van der Waals surface area contributed by atoms with Gasteiger partial charge in [0.1, 0.15) is 11.6 Å². The third-order valence-electron chi connectivity index (χ3n) is 4.88. The van der Waals surface area contributed by atoms with E-state index in [1.165, 1.54) is 12.8 Å². The number of nitrogens with one attached hydrogen (secondary N) is 1. The number of nitrogens with zero attached hydrogens (tertiary/aromatic N) is 3. The van der Waals surface area contributed by atoms with E-state index in [-0.39, 0.29) is 0 Å². The topological polar surface area (TPSA) is 41.0 Å². The standard InChI is InChI=1S/C21H30N4/c1-16(2)9-12-22-19-15-20(25-13-10-17(3)11-14-25)24-21(23-19)18-7-5-4-6-8-18/h4-8,15-17H,9-14H2,1-3H3,(H,22,23,24). The zero-order chi connectivity index (χ0) is 17.6. The summed E-state index contributed by atoms with van der Waals surface area (Å²) in [5, 5.41) is 3.50. The zero-order valence-corrected chi connectivity index (χ0v) is 15.7. The molecule has 25 heavy (non-hydrogen) atoms. The number of hydrogen-bond acceptors (Lipinski definition) is 4. The highest BCUT2D eigenvalue weighted by molar-refractivity contribution is 5.61. The lowest BCUT2D eigenvalue weighted by Crippen LogP contribution is -2.33. The summed E-state index contributed by atoms with van der Waals surface area (Å²) in [7, 11) is 0. The molecule has 1 N–H and O–H groups in total. The Balaban J connectivity index is 1.85. The molecule has 4 nitrogen and oxygen atoms in total. The summed E-state index contributed by atoms with van der Waals surface area (Å²) in [4.78, 5) is 12.0. The Bertz CT molecular complexity index is 661. The van der Waals surface area contributed by atoms with Crippen molar-refractivity contribution in [2.75, 3.05) is 29.9 Å². The fraction of sp³-hybridized carbons (Fsp3) is 0.524. The monoisotopic (exact) mass is 338 g/mol. The van der Waals surface area contributed by atoms with Gasteiger partial charge in [0.15, 0.2) is 5.82 Å². The van der Waals surface area contributed by atoms with E-state index in [1.807, 2.05) is 18.2 Å². The quantitative estimate of drug-likeness (QED) is 0.818. The highest BCUT2D eigenvalue weighted by Gasteiger charge is 2.18. The van der Waals surface area contributed by atoms with Crippen molar-refractivity contribution in [1.29, 1.82) is 0 Å². The van der Waals surface area contributed by atoms with E-state index in [0.717, 1.165) is 55.0 Å². The van der Waals surface area contributed by atoms with Gasteiger partial charge in [0.05, 0.1) is 0 Å². The molecule has 0 amide bonds. The SMILES string of the molecule is CC(C)CCNc1cc(N2CCC(C)CC2)nc(-c2ccccc2)n1. The number of aromatic nitrogens is 2. The van der Waals surface area contributed by atoms with Crippen molar-refractivity contribution in [2.45, 2.75) is 40.0 Å². The molecule has 1 saturated heterocycles. The van der Waals surface area contributed by atoms with Gasteiger partial charge in [-0.05, 0) is 31.1 Å². The average molecular weight is 338 g/mol. The molecule has 1 aliphatic rings. The van der Waals surface area contributed by atoms with Crippen LogP contribution in [-0.2, 0) is 0 Å². The first-order valence-electron chi connectivity index (χ1n) is 9.55. The minimum Gasteiger partial charge on any atom is -0.370 e. The molecule has 0 unspecified atom stereocenters. The summed E-state index contributed by atoms with van der Waals surface area (Å²) in [6.07, 6.45) is 3.61. The molecule has 2 aromatic rings. The van der Waals surface area contributed by atoms with Crippen LogP contribution in [0, 0.1) is 11.8 Å². The summed E-state index contributed by atoms with van der Waals surface area (Å²) in [5.74, 6) is 4.29. The molecule has 4 heteroatoms. The smallest absolute Gasteiger partial charge is 0.163 e. The molecular formula is C21H30N4. The molecule has 3 rings (SSSR count). The lowest BCUT2D eigenvalue weighted by atomic mass is 9.99. The molecule has 1 aliphatic heterocycles. The normalized spacial score (nSPS) is 15.6. The first kappa shape index (κ1) is 17.7. The Morgan fingerprint density at radius 3 is 2.52 bits per heavy atom. The Labute approximate surface area is 151 Å². The van der Waals surface area contributed by atoms with Crippen LogP contribution in [0.3, 0.4) is 0 Å². The van der Waals surface area contributed by atoms with Crippen molar-refractivity contribution in [1.82, 2.24) is 9.97 Å². The molecule has 0 saturated carbocycles. The van der Waals surface area contributed by atoms with Gasteiger partial charge in [0.25, 0.3) is 0 Å². The van der Waals surface area contributed by atoms with Crippen LogP contribution in [0.2, 0.25) is 0 Å². The number of rotatable bonds is 6. The second kappa shape index (κ2) is 8.32. The maximum atomic E-state index is 4.87. The molecule has 1 aromatic carbocycles. The number of piperidine rings is 1. The van der Waals surface area contributed by atoms with Crippen LogP contribution in [0.5, 0.6) is 0 Å². The molecule has 1 aromatic heterocycles. The second-order valence-corrected chi connectivity index (χ2v) is 7.58. The van der Waals surface area contributed by atoms with E-state index >= 15 is 0 Å². The summed E-state index contributed by atoms with van der Waals surface area (Å²) in [6.45, 7) is 9.94. The Hall–Kier alpha value is -2.10. The number of anilines is 2. The van der Waals surface area contributed by atoms with Crippen LogP contribution in [0.4, 0.5) is 11.6 Å². The Morgan fingerprint density at radius 1 is 1.12 bits per heavy atom. The van der Waals surface area contributed by atoms with Gasteiger partial charge in [0.2, 0.25) is 0 Å². The van der Waals surface area contributed by atoms with Crippen LogP contribution in [-0.4, -0.2) is 29.6 Å². The largest absolute Gasteiger partial charge is 0.370 e. The molecule has 1 fully saturated rings. The maximum Gasteiger partial charge on any atom is 0.163 e. The highest BCUT2D eigenvalue weighted by atomic mass is 15.2. The van der Waals surface area contributed by atoms with Crippen LogP contribution in [0.25, 0.3) is 11.4 Å². The predicted octanol–water partition coefficient (Wildman–Crippen LogP) is 4.84. The summed E-state index contributed by atoms with van der Waals surface area (Å²) < 4.78 is 0. The van der Waals surface area contributed by atoms with E-state index in [0.29, 0.717) is 5.92 Å². The first-order chi connectivity index (χ1) is 12.1. The van der Waals surface area contributed by atoms with E-state index in [1.54, 1.807) is 0 Å². The molecule has 0 aliphatic carbocycles. The molecule has 2 heterocycles. The maximum absolute atomic E-state index is 4.87. The van der Waals surface area contributed by atoms with E-state index in [4.69, 9.17) is 9.97 Å². The fourth-order valence-electron chi connectivity index (χ4n) is 3.13. The third kappa shape index (κ3) is 4.94. The fourth-order valence-corrected chi connectivity index (χ4v) is 3.13. The van der Waals surface area contributed by atoms with Crippen molar-refractivity contribution < 1.29 is 0 Å². The number of benzene rings is 1. The van der Waals surface area contributed by atoms with Gasteiger partial charge >= 0.3 is 0 Å². The van der Waals surface area contributed by atoms with Crippen molar-refractivity contribution in [3.05, 3.63) is 36.4 Å². The Morgan fingerprint density at radius 2 is 1.84 bits per heavy atom. The van der Waals surface area contributed by atoms with Gasteiger partial charge in [-0.15, -0.1) is 0 Å². The molecule has 0 spiro atoms. The van der Waals surface area contributed by atoms with Gasteiger partial charge in [-0.2, -0.15) is 0 Å². The van der Waals surface area contributed by atoms with E-state index in [2.05, 4.69) is 49.2 Å². The predicted molar refractivity (Wildman–Crippen MR) is 106 cm³/mol. The minimum absolute atomic E-state index is 0.686. The van der Waals surface area contributed by atoms with Crippen molar-refractivity contribution in [3.8, 4) is 11.4 Å². The van der Waals surface area contributed by atoms with Crippen molar-refractivity contribution in [3.63, 3.8) is 0 Å². The van der Waals surface area contributed by atoms with Crippen molar-refractivity contribution in [2.24, 2.45) is 11.8 Å². The zero-order valence-electron chi connectivity index (χ0n) is 15.7. The lowest BCUT2D eigenvalue weighted by molar-refractivity contribution is 0.436. The van der Waals surface area contributed by atoms with Gasteiger partial charge < -0.3 is 10.2 Å². The highest BCUT2D eigenvalue weighted by Crippen LogP contribution is 2.26. The average Bonchev–Trinajstić information content (AvgIpc) is 2.62.